The molecule has 0 aliphatic carbocycles. The van der Waals surface area contributed by atoms with E-state index in [4.69, 9.17) is 6.42 Å². The predicted molar refractivity (Wildman–Crippen MR) is 111 cm³/mol. The van der Waals surface area contributed by atoms with E-state index in [1.807, 2.05) is 19.1 Å². The minimum atomic E-state index is -0.315. The summed E-state index contributed by atoms with van der Waals surface area (Å²) in [4.78, 5) is 0. The van der Waals surface area contributed by atoms with E-state index in [0.717, 1.165) is 11.1 Å². The summed E-state index contributed by atoms with van der Waals surface area (Å²) in [6.07, 6.45) is 7.32. The first kappa shape index (κ1) is 20.7. The Bertz CT molecular complexity index is 999. The first-order valence-corrected chi connectivity index (χ1v) is 9.70. The van der Waals surface area contributed by atoms with Crippen LogP contribution in [0.2, 0.25) is 0 Å². The fraction of sp³-hybridized carbons (Fsp3) is 0.231. The van der Waals surface area contributed by atoms with E-state index in [2.05, 4.69) is 5.92 Å². The molecule has 2 unspecified atom stereocenters. The van der Waals surface area contributed by atoms with Crippen molar-refractivity contribution in [3.05, 3.63) is 106 Å². The number of hydrogen-bond acceptors (Lipinski definition) is 0. The van der Waals surface area contributed by atoms with Crippen LogP contribution in [-0.2, 0) is 12.8 Å². The van der Waals surface area contributed by atoms with Crippen LogP contribution < -0.4 is 0 Å². The zero-order valence-corrected chi connectivity index (χ0v) is 16.3. The van der Waals surface area contributed by atoms with Crippen LogP contribution in [-0.4, -0.2) is 0 Å². The zero-order valence-electron chi connectivity index (χ0n) is 16.3. The van der Waals surface area contributed by atoms with Crippen LogP contribution >= 0.6 is 0 Å². The fourth-order valence-corrected chi connectivity index (χ4v) is 3.63. The van der Waals surface area contributed by atoms with Crippen molar-refractivity contribution in [2.45, 2.75) is 32.1 Å². The topological polar surface area (TPSA) is 0 Å². The molecule has 0 radical (unpaired) electrons. The second-order valence-corrected chi connectivity index (χ2v) is 7.35. The summed E-state index contributed by atoms with van der Waals surface area (Å²) in [5, 5.41) is 0. The van der Waals surface area contributed by atoms with E-state index in [1.165, 1.54) is 24.3 Å². The fourth-order valence-electron chi connectivity index (χ4n) is 3.63. The van der Waals surface area contributed by atoms with Crippen LogP contribution in [0.15, 0.2) is 66.7 Å². The Morgan fingerprint density at radius 3 is 2.24 bits per heavy atom. The van der Waals surface area contributed by atoms with Crippen molar-refractivity contribution in [1.82, 2.24) is 0 Å². The van der Waals surface area contributed by atoms with Crippen molar-refractivity contribution in [2.24, 2.45) is 5.92 Å². The standard InChI is InChI=1S/C26H23F3/c1-3-18(2)23(24-6-4-5-7-26(24)29)14-10-20-11-15-25(28)21(17-20)16-19-8-12-22(27)13-9-19/h1,4-9,11-13,15,17-18,23H,10,14,16H2,2H3. The largest absolute Gasteiger partial charge is 0.207 e. The van der Waals surface area contributed by atoms with Gasteiger partial charge in [-0.3, -0.25) is 0 Å². The summed E-state index contributed by atoms with van der Waals surface area (Å²) >= 11 is 0. The molecule has 3 rings (SSSR count). The van der Waals surface area contributed by atoms with Gasteiger partial charge in [-0.1, -0.05) is 49.4 Å². The molecule has 148 valence electrons. The van der Waals surface area contributed by atoms with Gasteiger partial charge in [0.2, 0.25) is 0 Å². The molecule has 0 fully saturated rings. The van der Waals surface area contributed by atoms with Crippen LogP contribution in [0, 0.1) is 35.7 Å². The molecule has 0 bridgehead atoms. The van der Waals surface area contributed by atoms with Gasteiger partial charge >= 0.3 is 0 Å². The molecule has 0 N–H and O–H groups in total. The molecule has 3 aromatic rings. The molecular formula is C26H23F3. The monoisotopic (exact) mass is 392 g/mol. The van der Waals surface area contributed by atoms with Crippen LogP contribution in [0.5, 0.6) is 0 Å². The van der Waals surface area contributed by atoms with Crippen molar-refractivity contribution >= 4 is 0 Å². The van der Waals surface area contributed by atoms with Crippen molar-refractivity contribution in [1.29, 1.82) is 0 Å². The van der Waals surface area contributed by atoms with E-state index >= 15 is 0 Å². The summed E-state index contributed by atoms with van der Waals surface area (Å²) in [7, 11) is 0. The van der Waals surface area contributed by atoms with E-state index in [0.29, 0.717) is 30.4 Å². The van der Waals surface area contributed by atoms with Gasteiger partial charge in [0.05, 0.1) is 0 Å². The van der Waals surface area contributed by atoms with Crippen LogP contribution in [0.3, 0.4) is 0 Å². The molecule has 3 heteroatoms. The Morgan fingerprint density at radius 1 is 0.862 bits per heavy atom. The summed E-state index contributed by atoms with van der Waals surface area (Å²) in [5.74, 6) is 1.63. The highest BCUT2D eigenvalue weighted by Crippen LogP contribution is 2.31. The van der Waals surface area contributed by atoms with E-state index in [1.54, 1.807) is 30.3 Å². The average molecular weight is 392 g/mol. The minimum Gasteiger partial charge on any atom is -0.207 e. The first-order valence-electron chi connectivity index (χ1n) is 9.70. The molecule has 2 atom stereocenters. The lowest BCUT2D eigenvalue weighted by molar-refractivity contribution is 0.490. The molecule has 0 heterocycles. The molecule has 0 aliphatic heterocycles. The quantitative estimate of drug-likeness (QED) is 0.393. The maximum atomic E-state index is 14.3. The number of aryl methyl sites for hydroxylation is 1. The summed E-state index contributed by atoms with van der Waals surface area (Å²) in [6.45, 7) is 1.92. The van der Waals surface area contributed by atoms with Crippen LogP contribution in [0.25, 0.3) is 0 Å². The molecule has 29 heavy (non-hydrogen) atoms. The number of terminal acetylenes is 1. The Kier molecular flexibility index (Phi) is 6.77. The Hall–Kier alpha value is -2.99. The third-order valence-corrected chi connectivity index (χ3v) is 5.33. The van der Waals surface area contributed by atoms with Gasteiger partial charge in [0, 0.05) is 18.3 Å². The van der Waals surface area contributed by atoms with Crippen molar-refractivity contribution < 1.29 is 13.2 Å². The predicted octanol–water partition coefficient (Wildman–Crippen LogP) is 6.68. The van der Waals surface area contributed by atoms with E-state index in [-0.39, 0.29) is 29.3 Å². The molecule has 0 aliphatic rings. The first-order chi connectivity index (χ1) is 14.0. The number of hydrogen-bond donors (Lipinski definition) is 0. The summed E-state index contributed by atoms with van der Waals surface area (Å²) < 4.78 is 41.7. The smallest absolute Gasteiger partial charge is 0.126 e. The summed E-state index contributed by atoms with van der Waals surface area (Å²) in [6, 6.07) is 17.8. The molecule has 0 saturated heterocycles. The van der Waals surface area contributed by atoms with Gasteiger partial charge in [-0.05, 0) is 59.4 Å². The van der Waals surface area contributed by atoms with Crippen molar-refractivity contribution in [3.8, 4) is 12.3 Å². The molecule has 0 amide bonds. The van der Waals surface area contributed by atoms with Gasteiger partial charge in [-0.15, -0.1) is 12.3 Å². The highest BCUT2D eigenvalue weighted by atomic mass is 19.1. The SMILES string of the molecule is C#CC(C)C(CCc1ccc(F)c(Cc2ccc(F)cc2)c1)c1ccccc1F. The maximum Gasteiger partial charge on any atom is 0.126 e. The highest BCUT2D eigenvalue weighted by Gasteiger charge is 2.21. The Labute approximate surface area is 170 Å². The van der Waals surface area contributed by atoms with Gasteiger partial charge in [0.1, 0.15) is 17.5 Å². The average Bonchev–Trinajstić information content (AvgIpc) is 2.73. The van der Waals surface area contributed by atoms with Crippen molar-refractivity contribution in [3.63, 3.8) is 0 Å². The highest BCUT2D eigenvalue weighted by molar-refractivity contribution is 5.32. The molecule has 0 saturated carbocycles. The number of rotatable bonds is 7. The lowest BCUT2D eigenvalue weighted by atomic mass is 9.83. The molecule has 0 nitrogen and oxygen atoms in total. The number of halogens is 3. The van der Waals surface area contributed by atoms with Gasteiger partial charge in [-0.2, -0.15) is 0 Å². The molecule has 0 aromatic heterocycles. The molecular weight excluding hydrogens is 369 g/mol. The number of benzene rings is 3. The van der Waals surface area contributed by atoms with Crippen LogP contribution in [0.4, 0.5) is 13.2 Å². The molecule has 3 aromatic carbocycles. The Balaban J connectivity index is 1.77. The van der Waals surface area contributed by atoms with Gasteiger partial charge in [-0.25, -0.2) is 13.2 Å². The third kappa shape index (κ3) is 5.29. The second-order valence-electron chi connectivity index (χ2n) is 7.35. The van der Waals surface area contributed by atoms with Crippen molar-refractivity contribution in [2.75, 3.05) is 0 Å². The van der Waals surface area contributed by atoms with Crippen LogP contribution in [0.1, 0.15) is 41.5 Å². The summed E-state index contributed by atoms with van der Waals surface area (Å²) in [5.41, 5.74) is 2.98. The zero-order chi connectivity index (χ0) is 20.8. The normalized spacial score (nSPS) is 12.9. The third-order valence-electron chi connectivity index (χ3n) is 5.33. The lowest BCUT2D eigenvalue weighted by Crippen LogP contribution is -2.11. The Morgan fingerprint density at radius 2 is 1.55 bits per heavy atom. The van der Waals surface area contributed by atoms with E-state index in [9.17, 15) is 13.2 Å². The maximum absolute atomic E-state index is 14.3. The van der Waals surface area contributed by atoms with Gasteiger partial charge in [0.15, 0.2) is 0 Å². The van der Waals surface area contributed by atoms with Gasteiger partial charge < -0.3 is 0 Å². The van der Waals surface area contributed by atoms with Gasteiger partial charge in [0.25, 0.3) is 0 Å². The minimum absolute atomic E-state index is 0.119. The van der Waals surface area contributed by atoms with E-state index < -0.39 is 0 Å². The molecule has 0 spiro atoms. The lowest BCUT2D eigenvalue weighted by Gasteiger charge is -2.21. The second kappa shape index (κ2) is 9.47.